The van der Waals surface area contributed by atoms with E-state index in [1.165, 1.54) is 23.3 Å². The number of hydrogen-bond donors (Lipinski definition) is 1. The van der Waals surface area contributed by atoms with Gasteiger partial charge in [-0.15, -0.1) is 0 Å². The predicted octanol–water partition coefficient (Wildman–Crippen LogP) is 4.23. The molecule has 0 bridgehead atoms. The number of aromatic nitrogens is 3. The van der Waals surface area contributed by atoms with Crippen LogP contribution >= 0.6 is 11.8 Å². The van der Waals surface area contributed by atoms with Crippen molar-refractivity contribution in [3.05, 3.63) is 78.6 Å². The van der Waals surface area contributed by atoms with E-state index in [2.05, 4.69) is 50.6 Å². The quantitative estimate of drug-likeness (QED) is 0.431. The fourth-order valence-electron chi connectivity index (χ4n) is 2.94. The molecule has 3 aromatic rings. The fraction of sp³-hybridized carbons (Fsp3) is 0.333. The first-order valence-electron chi connectivity index (χ1n) is 9.10. The summed E-state index contributed by atoms with van der Waals surface area (Å²) in [5.74, 6) is 1.17. The van der Waals surface area contributed by atoms with Gasteiger partial charge < -0.3 is 10.3 Å². The average molecular weight is 367 g/mol. The molecule has 3 rings (SSSR count). The molecule has 0 fully saturated rings. The first-order chi connectivity index (χ1) is 12.8. The van der Waals surface area contributed by atoms with Crippen LogP contribution in [0.3, 0.4) is 0 Å². The van der Waals surface area contributed by atoms with Gasteiger partial charge in [0, 0.05) is 42.3 Å². The van der Waals surface area contributed by atoms with Crippen LogP contribution in [0.1, 0.15) is 24.0 Å². The number of pyridine rings is 1. The van der Waals surface area contributed by atoms with E-state index in [0.717, 1.165) is 31.5 Å². The lowest BCUT2D eigenvalue weighted by molar-refractivity contribution is 0.623. The van der Waals surface area contributed by atoms with Gasteiger partial charge in [-0.25, -0.2) is 4.98 Å². The van der Waals surface area contributed by atoms with Crippen molar-refractivity contribution in [3.8, 4) is 0 Å². The average Bonchev–Trinajstić information content (AvgIpc) is 3.18. The highest BCUT2D eigenvalue weighted by atomic mass is 32.2. The Labute approximate surface area is 159 Å². The van der Waals surface area contributed by atoms with Gasteiger partial charge in [0.05, 0.1) is 6.33 Å². The fourth-order valence-corrected chi connectivity index (χ4v) is 4.15. The van der Waals surface area contributed by atoms with Crippen molar-refractivity contribution in [1.29, 1.82) is 0 Å². The zero-order chi connectivity index (χ0) is 18.0. The third-order valence-corrected chi connectivity index (χ3v) is 5.80. The van der Waals surface area contributed by atoms with Gasteiger partial charge >= 0.3 is 0 Å². The lowest BCUT2D eigenvalue weighted by Gasteiger charge is -2.17. The molecule has 0 amide bonds. The number of nitrogens with two attached hydrogens (primary N) is 1. The third-order valence-electron chi connectivity index (χ3n) is 4.42. The summed E-state index contributed by atoms with van der Waals surface area (Å²) in [6, 6.07) is 12.5. The maximum Gasteiger partial charge on any atom is 0.0946 e. The van der Waals surface area contributed by atoms with Crippen molar-refractivity contribution in [2.24, 2.45) is 0 Å². The summed E-state index contributed by atoms with van der Waals surface area (Å²) in [4.78, 5) is 8.27. The summed E-state index contributed by atoms with van der Waals surface area (Å²) in [6.45, 7) is 1.01. The van der Waals surface area contributed by atoms with Crippen LogP contribution in [0.2, 0.25) is 0 Å². The van der Waals surface area contributed by atoms with E-state index in [0.29, 0.717) is 5.25 Å². The molecule has 26 heavy (non-hydrogen) atoms. The molecule has 1 unspecified atom stereocenters. The third kappa shape index (κ3) is 6.23. The van der Waals surface area contributed by atoms with Crippen molar-refractivity contribution in [2.45, 2.75) is 37.5 Å². The molecular formula is C21H26N4S. The van der Waals surface area contributed by atoms with E-state index < -0.39 is 0 Å². The van der Waals surface area contributed by atoms with Gasteiger partial charge in [-0.3, -0.25) is 4.98 Å². The summed E-state index contributed by atoms with van der Waals surface area (Å²) in [6.07, 6.45) is 14.1. The first kappa shape index (κ1) is 18.5. The molecule has 0 aliphatic heterocycles. The molecule has 5 heteroatoms. The van der Waals surface area contributed by atoms with Gasteiger partial charge in [-0.2, -0.15) is 11.8 Å². The molecule has 1 atom stereocenters. The number of benzene rings is 1. The highest BCUT2D eigenvalue weighted by Crippen LogP contribution is 2.21. The number of thioether (sulfide) groups is 1. The highest BCUT2D eigenvalue weighted by Gasteiger charge is 2.11. The van der Waals surface area contributed by atoms with E-state index >= 15 is 0 Å². The number of aryl methyl sites for hydroxylation is 2. The summed E-state index contributed by atoms with van der Waals surface area (Å²) in [7, 11) is 0. The summed E-state index contributed by atoms with van der Waals surface area (Å²) >= 11 is 2.07. The number of rotatable bonds is 10. The Bertz CT molecular complexity index is 741. The van der Waals surface area contributed by atoms with Crippen molar-refractivity contribution in [2.75, 3.05) is 11.5 Å². The molecule has 2 N–H and O–H groups in total. The number of anilines is 1. The molecule has 0 aliphatic carbocycles. The van der Waals surface area contributed by atoms with Crippen LogP contribution in [0.25, 0.3) is 0 Å². The molecule has 0 radical (unpaired) electrons. The van der Waals surface area contributed by atoms with Gasteiger partial charge in [0.1, 0.15) is 0 Å². The normalized spacial score (nSPS) is 12.2. The largest absolute Gasteiger partial charge is 0.399 e. The molecule has 0 saturated carbocycles. The van der Waals surface area contributed by atoms with Gasteiger partial charge in [-0.05, 0) is 66.8 Å². The molecule has 1 aromatic carbocycles. The van der Waals surface area contributed by atoms with Crippen LogP contribution in [-0.4, -0.2) is 25.5 Å². The van der Waals surface area contributed by atoms with Crippen molar-refractivity contribution < 1.29 is 0 Å². The minimum absolute atomic E-state index is 0.587. The van der Waals surface area contributed by atoms with Crippen molar-refractivity contribution >= 4 is 17.4 Å². The Morgan fingerprint density at radius 3 is 2.42 bits per heavy atom. The second-order valence-corrected chi connectivity index (χ2v) is 7.90. The van der Waals surface area contributed by atoms with E-state index in [9.17, 15) is 0 Å². The van der Waals surface area contributed by atoms with Crippen LogP contribution in [-0.2, 0) is 19.4 Å². The Morgan fingerprint density at radius 1 is 0.923 bits per heavy atom. The Morgan fingerprint density at radius 2 is 1.69 bits per heavy atom. The first-order valence-corrected chi connectivity index (χ1v) is 10.1. The molecule has 2 heterocycles. The second kappa shape index (κ2) is 10.0. The lowest BCUT2D eigenvalue weighted by atomic mass is 10.1. The number of nitrogen functional groups attached to an aromatic ring is 1. The van der Waals surface area contributed by atoms with Crippen molar-refractivity contribution in [1.82, 2.24) is 14.5 Å². The minimum atomic E-state index is 0.587. The molecule has 4 nitrogen and oxygen atoms in total. The summed E-state index contributed by atoms with van der Waals surface area (Å²) in [5, 5.41) is 0.587. The van der Waals surface area contributed by atoms with E-state index in [1.54, 1.807) is 0 Å². The lowest BCUT2D eigenvalue weighted by Crippen LogP contribution is -2.14. The number of nitrogens with zero attached hydrogens (tertiary/aromatic N) is 3. The van der Waals surface area contributed by atoms with E-state index in [1.807, 2.05) is 43.2 Å². The van der Waals surface area contributed by atoms with Gasteiger partial charge in [-0.1, -0.05) is 12.1 Å². The van der Waals surface area contributed by atoms with Gasteiger partial charge in [0.2, 0.25) is 0 Å². The smallest absolute Gasteiger partial charge is 0.0946 e. The van der Waals surface area contributed by atoms with Crippen LogP contribution in [0.5, 0.6) is 0 Å². The molecule has 136 valence electrons. The zero-order valence-corrected chi connectivity index (χ0v) is 15.8. The maximum absolute atomic E-state index is 5.75. The molecular weight excluding hydrogens is 340 g/mol. The van der Waals surface area contributed by atoms with Crippen LogP contribution < -0.4 is 5.73 Å². The summed E-state index contributed by atoms with van der Waals surface area (Å²) < 4.78 is 2.18. The summed E-state index contributed by atoms with van der Waals surface area (Å²) in [5.41, 5.74) is 9.31. The molecule has 0 saturated heterocycles. The van der Waals surface area contributed by atoms with Crippen molar-refractivity contribution in [3.63, 3.8) is 0 Å². The van der Waals surface area contributed by atoms with Crippen LogP contribution in [0.4, 0.5) is 5.69 Å². The standard InChI is InChI=1S/C21H26N4S/c22-20-6-3-18(4-7-20)2-1-15-26-21(16-25-14-13-24-17-25)8-5-19-9-11-23-12-10-19/h3-4,6-7,9-14,17,21H,1-2,5,8,15-16,22H2. The van der Waals surface area contributed by atoms with Gasteiger partial charge in [0.15, 0.2) is 0 Å². The monoisotopic (exact) mass is 366 g/mol. The Balaban J connectivity index is 1.47. The Hall–Kier alpha value is -2.27. The van der Waals surface area contributed by atoms with Gasteiger partial charge in [0.25, 0.3) is 0 Å². The van der Waals surface area contributed by atoms with E-state index in [-0.39, 0.29) is 0 Å². The highest BCUT2D eigenvalue weighted by molar-refractivity contribution is 7.99. The Kier molecular flexibility index (Phi) is 7.14. The molecule has 0 spiro atoms. The number of hydrogen-bond acceptors (Lipinski definition) is 4. The minimum Gasteiger partial charge on any atom is -0.399 e. The van der Waals surface area contributed by atoms with Crippen LogP contribution in [0.15, 0.2) is 67.5 Å². The molecule has 2 aromatic heterocycles. The number of imidazole rings is 1. The van der Waals surface area contributed by atoms with E-state index in [4.69, 9.17) is 5.73 Å². The van der Waals surface area contributed by atoms with Crippen LogP contribution in [0, 0.1) is 0 Å². The SMILES string of the molecule is Nc1ccc(CCCSC(CCc2ccncc2)Cn2ccnc2)cc1. The maximum atomic E-state index is 5.75. The second-order valence-electron chi connectivity index (χ2n) is 6.49. The predicted molar refractivity (Wildman–Crippen MR) is 110 cm³/mol. The topological polar surface area (TPSA) is 56.7 Å². The molecule has 0 aliphatic rings. The zero-order valence-electron chi connectivity index (χ0n) is 15.0.